The lowest BCUT2D eigenvalue weighted by atomic mass is 10.2. The first-order chi connectivity index (χ1) is 8.32. The molecule has 1 aromatic heterocycles. The van der Waals surface area contributed by atoms with Gasteiger partial charge in [0, 0.05) is 25.7 Å². The van der Waals surface area contributed by atoms with Crippen LogP contribution >= 0.6 is 0 Å². The van der Waals surface area contributed by atoms with Gasteiger partial charge in [0.1, 0.15) is 5.82 Å². The molecular formula is C11H15F2N3O2. The van der Waals surface area contributed by atoms with Crippen molar-refractivity contribution in [1.29, 1.82) is 0 Å². The van der Waals surface area contributed by atoms with E-state index >= 15 is 0 Å². The van der Waals surface area contributed by atoms with E-state index < -0.39 is 18.9 Å². The molecule has 1 N–H and O–H groups in total. The Hall–Kier alpha value is -1.92. The van der Waals surface area contributed by atoms with Crippen molar-refractivity contribution in [2.45, 2.75) is 13.3 Å². The molecule has 0 radical (unpaired) electrons. The second-order valence-electron chi connectivity index (χ2n) is 3.89. The van der Waals surface area contributed by atoms with Crippen LogP contribution in [0.1, 0.15) is 11.3 Å². The summed E-state index contributed by atoms with van der Waals surface area (Å²) in [5, 5.41) is 12.7. The zero-order chi connectivity index (χ0) is 13.9. The van der Waals surface area contributed by atoms with E-state index in [4.69, 9.17) is 5.11 Å². The smallest absolute Gasteiger partial charge is 0.328 e. The number of halogens is 2. The first kappa shape index (κ1) is 14.1. The van der Waals surface area contributed by atoms with E-state index in [0.717, 1.165) is 6.08 Å². The summed E-state index contributed by atoms with van der Waals surface area (Å²) in [5.74, 6) is -0.633. The Morgan fingerprint density at radius 1 is 1.61 bits per heavy atom. The zero-order valence-electron chi connectivity index (χ0n) is 10.4. The first-order valence-corrected chi connectivity index (χ1v) is 5.26. The Kier molecular flexibility index (Phi) is 4.41. The summed E-state index contributed by atoms with van der Waals surface area (Å²) >= 11 is 0. The molecule has 1 aromatic rings. The predicted octanol–water partition coefficient (Wildman–Crippen LogP) is 1.53. The van der Waals surface area contributed by atoms with Crippen LogP contribution < -0.4 is 4.90 Å². The third-order valence-corrected chi connectivity index (χ3v) is 2.40. The molecule has 5 nitrogen and oxygen atoms in total. The highest BCUT2D eigenvalue weighted by molar-refractivity contribution is 5.87. The van der Waals surface area contributed by atoms with E-state index in [0.29, 0.717) is 17.1 Å². The number of rotatable bonds is 5. The summed E-state index contributed by atoms with van der Waals surface area (Å²) in [6.07, 6.45) is -0.146. The van der Waals surface area contributed by atoms with Crippen molar-refractivity contribution >= 4 is 17.9 Å². The second-order valence-corrected chi connectivity index (χ2v) is 3.89. The van der Waals surface area contributed by atoms with E-state index in [2.05, 4.69) is 5.10 Å². The van der Waals surface area contributed by atoms with Gasteiger partial charge in [-0.25, -0.2) is 13.6 Å². The lowest BCUT2D eigenvalue weighted by Crippen LogP contribution is -2.26. The molecule has 1 heterocycles. The van der Waals surface area contributed by atoms with Gasteiger partial charge in [-0.3, -0.25) is 4.68 Å². The maximum atomic E-state index is 12.4. The van der Waals surface area contributed by atoms with Crippen molar-refractivity contribution in [2.75, 3.05) is 18.5 Å². The van der Waals surface area contributed by atoms with Crippen LogP contribution in [0.25, 0.3) is 6.08 Å². The highest BCUT2D eigenvalue weighted by Gasteiger charge is 2.17. The molecule has 7 heteroatoms. The van der Waals surface area contributed by atoms with Gasteiger partial charge in [-0.2, -0.15) is 5.10 Å². The van der Waals surface area contributed by atoms with Crippen LogP contribution in [0, 0.1) is 6.92 Å². The van der Waals surface area contributed by atoms with Gasteiger partial charge in [0.05, 0.1) is 12.2 Å². The van der Waals surface area contributed by atoms with Crippen LogP contribution in [0.2, 0.25) is 0 Å². The fraction of sp³-hybridized carbons (Fsp3) is 0.455. The largest absolute Gasteiger partial charge is 0.478 e. The monoisotopic (exact) mass is 259 g/mol. The third-order valence-electron chi connectivity index (χ3n) is 2.40. The molecule has 0 saturated carbocycles. The number of aryl methyl sites for hydroxylation is 2. The number of hydrogen-bond donors (Lipinski definition) is 1. The van der Waals surface area contributed by atoms with E-state index in [1.807, 2.05) is 0 Å². The summed E-state index contributed by atoms with van der Waals surface area (Å²) in [6, 6.07) is 0. The van der Waals surface area contributed by atoms with Crippen molar-refractivity contribution in [2.24, 2.45) is 7.05 Å². The van der Waals surface area contributed by atoms with Gasteiger partial charge in [-0.15, -0.1) is 0 Å². The predicted molar refractivity (Wildman–Crippen MR) is 63.9 cm³/mol. The summed E-state index contributed by atoms with van der Waals surface area (Å²) < 4.78 is 26.2. The quantitative estimate of drug-likeness (QED) is 0.815. The van der Waals surface area contributed by atoms with E-state index in [1.165, 1.54) is 22.7 Å². The zero-order valence-corrected chi connectivity index (χ0v) is 10.4. The molecule has 0 amide bonds. The number of carboxylic acid groups (broad SMARTS) is 1. The number of aliphatic carboxylic acids is 1. The van der Waals surface area contributed by atoms with Gasteiger partial charge < -0.3 is 10.0 Å². The molecule has 0 spiro atoms. The summed E-state index contributed by atoms with van der Waals surface area (Å²) in [5.41, 5.74) is 1.12. The lowest BCUT2D eigenvalue weighted by molar-refractivity contribution is -0.131. The van der Waals surface area contributed by atoms with Crippen molar-refractivity contribution in [3.05, 3.63) is 17.3 Å². The molecule has 0 aliphatic heterocycles. The van der Waals surface area contributed by atoms with Crippen LogP contribution in [-0.4, -0.2) is 40.9 Å². The fourth-order valence-corrected chi connectivity index (χ4v) is 1.76. The Morgan fingerprint density at radius 2 is 2.22 bits per heavy atom. The minimum atomic E-state index is -2.47. The molecule has 100 valence electrons. The normalized spacial score (nSPS) is 11.4. The van der Waals surface area contributed by atoms with Gasteiger partial charge >= 0.3 is 5.97 Å². The average Bonchev–Trinajstić information content (AvgIpc) is 2.49. The van der Waals surface area contributed by atoms with Gasteiger partial charge in [0.25, 0.3) is 6.43 Å². The molecule has 0 saturated heterocycles. The van der Waals surface area contributed by atoms with Crippen molar-refractivity contribution < 1.29 is 18.7 Å². The summed E-state index contributed by atoms with van der Waals surface area (Å²) in [7, 11) is 3.14. The maximum absolute atomic E-state index is 12.4. The Balaban J connectivity index is 3.13. The molecule has 18 heavy (non-hydrogen) atoms. The number of aromatic nitrogens is 2. The number of carboxylic acids is 1. The van der Waals surface area contributed by atoms with E-state index in [-0.39, 0.29) is 0 Å². The topological polar surface area (TPSA) is 58.4 Å². The Bertz CT molecular complexity index is 469. The molecule has 0 aromatic carbocycles. The summed E-state index contributed by atoms with van der Waals surface area (Å²) in [6.45, 7) is 1.26. The van der Waals surface area contributed by atoms with Gasteiger partial charge in [0.15, 0.2) is 0 Å². The molecule has 0 aliphatic rings. The second kappa shape index (κ2) is 5.61. The maximum Gasteiger partial charge on any atom is 0.328 e. The Labute approximate surface area is 103 Å². The highest BCUT2D eigenvalue weighted by Crippen LogP contribution is 2.24. The van der Waals surface area contributed by atoms with Gasteiger partial charge in [-0.1, -0.05) is 0 Å². The van der Waals surface area contributed by atoms with E-state index in [1.54, 1.807) is 14.0 Å². The van der Waals surface area contributed by atoms with Crippen molar-refractivity contribution in [3.63, 3.8) is 0 Å². The van der Waals surface area contributed by atoms with Crippen molar-refractivity contribution in [3.8, 4) is 0 Å². The molecule has 0 atom stereocenters. The minimum Gasteiger partial charge on any atom is -0.478 e. The number of carbonyl (C=O) groups is 1. The van der Waals surface area contributed by atoms with Crippen LogP contribution in [-0.2, 0) is 11.8 Å². The molecule has 0 aliphatic carbocycles. The minimum absolute atomic E-state index is 0.438. The van der Waals surface area contributed by atoms with E-state index in [9.17, 15) is 13.6 Å². The number of alkyl halides is 2. The molecule has 0 fully saturated rings. The fourth-order valence-electron chi connectivity index (χ4n) is 1.76. The molecule has 0 bridgehead atoms. The van der Waals surface area contributed by atoms with Gasteiger partial charge in [-0.05, 0) is 13.0 Å². The lowest BCUT2D eigenvalue weighted by Gasteiger charge is -2.19. The van der Waals surface area contributed by atoms with Crippen LogP contribution in [0.5, 0.6) is 0 Å². The standard InChI is InChI=1S/C11H15F2N3O2/c1-7-8(4-5-10(17)18)11(16(3)14-7)15(2)6-9(12)13/h4-5,9H,6H2,1-3H3,(H,17,18)/b5-4+. The van der Waals surface area contributed by atoms with Crippen LogP contribution in [0.15, 0.2) is 6.08 Å². The van der Waals surface area contributed by atoms with Crippen LogP contribution in [0.3, 0.4) is 0 Å². The third kappa shape index (κ3) is 3.28. The number of hydrogen-bond acceptors (Lipinski definition) is 3. The molecule has 0 unspecified atom stereocenters. The SMILES string of the molecule is Cc1nn(C)c(N(C)CC(F)F)c1/C=C/C(=O)O. The molecule has 1 rings (SSSR count). The van der Waals surface area contributed by atoms with Crippen molar-refractivity contribution in [1.82, 2.24) is 9.78 Å². The van der Waals surface area contributed by atoms with Gasteiger partial charge in [0.2, 0.25) is 0 Å². The summed E-state index contributed by atoms with van der Waals surface area (Å²) in [4.78, 5) is 11.9. The van der Waals surface area contributed by atoms with Crippen LogP contribution in [0.4, 0.5) is 14.6 Å². The number of nitrogens with zero attached hydrogens (tertiary/aromatic N) is 3. The molecular weight excluding hydrogens is 244 g/mol. The Morgan fingerprint density at radius 3 is 2.72 bits per heavy atom. The number of anilines is 1. The average molecular weight is 259 g/mol. The highest BCUT2D eigenvalue weighted by atomic mass is 19.3. The first-order valence-electron chi connectivity index (χ1n) is 5.26.